The normalized spacial score (nSPS) is 16.2. The molecule has 0 aliphatic carbocycles. The van der Waals surface area contributed by atoms with E-state index in [-0.39, 0.29) is 6.61 Å². The number of halogens is 2. The van der Waals surface area contributed by atoms with Crippen molar-refractivity contribution in [3.05, 3.63) is 63.6 Å². The van der Waals surface area contributed by atoms with Gasteiger partial charge in [0.15, 0.2) is 6.10 Å². The van der Waals surface area contributed by atoms with Crippen LogP contribution in [0.2, 0.25) is 10.0 Å². The van der Waals surface area contributed by atoms with Crippen LogP contribution in [0.25, 0.3) is 0 Å². The second kappa shape index (κ2) is 5.96. The fourth-order valence-electron chi connectivity index (χ4n) is 2.21. The Labute approximate surface area is 132 Å². The zero-order chi connectivity index (χ0) is 14.8. The molecule has 1 heterocycles. The monoisotopic (exact) mass is 322 g/mol. The van der Waals surface area contributed by atoms with Crippen molar-refractivity contribution in [3.63, 3.8) is 0 Å². The number of ether oxygens (including phenoxy) is 2. The zero-order valence-corrected chi connectivity index (χ0v) is 12.5. The maximum atomic E-state index is 12.1. The third kappa shape index (κ3) is 3.14. The molecule has 0 spiro atoms. The van der Waals surface area contributed by atoms with E-state index in [4.69, 9.17) is 32.7 Å². The molecule has 1 atom stereocenters. The van der Waals surface area contributed by atoms with Crippen LogP contribution in [-0.4, -0.2) is 12.1 Å². The topological polar surface area (TPSA) is 35.5 Å². The third-order valence-corrected chi connectivity index (χ3v) is 3.89. The minimum absolute atomic E-state index is 0.134. The Balaban J connectivity index is 1.62. The van der Waals surface area contributed by atoms with Crippen molar-refractivity contribution in [2.45, 2.75) is 19.1 Å². The lowest BCUT2D eigenvalue weighted by atomic mass is 10.1. The molecule has 0 aromatic heterocycles. The van der Waals surface area contributed by atoms with Gasteiger partial charge in [0, 0.05) is 22.0 Å². The molecule has 21 heavy (non-hydrogen) atoms. The fraction of sp³-hybridized carbons (Fsp3) is 0.188. The summed E-state index contributed by atoms with van der Waals surface area (Å²) in [6.07, 6.45) is -0.155. The molecular formula is C16H12Cl2O3. The number of carbonyl (C=O) groups is 1. The average Bonchev–Trinajstić information content (AvgIpc) is 2.89. The van der Waals surface area contributed by atoms with Crippen LogP contribution in [0.1, 0.15) is 11.1 Å². The summed E-state index contributed by atoms with van der Waals surface area (Å²) in [7, 11) is 0. The molecular weight excluding hydrogens is 311 g/mol. The lowest BCUT2D eigenvalue weighted by Gasteiger charge is -2.11. The molecule has 0 radical (unpaired) electrons. The van der Waals surface area contributed by atoms with Crippen molar-refractivity contribution < 1.29 is 14.3 Å². The van der Waals surface area contributed by atoms with Gasteiger partial charge in [-0.15, -0.1) is 0 Å². The number of benzene rings is 2. The molecule has 0 saturated heterocycles. The quantitative estimate of drug-likeness (QED) is 0.800. The number of rotatable bonds is 3. The van der Waals surface area contributed by atoms with Crippen LogP contribution in [0.15, 0.2) is 42.5 Å². The third-order valence-electron chi connectivity index (χ3n) is 3.29. The van der Waals surface area contributed by atoms with E-state index in [1.54, 1.807) is 24.3 Å². The summed E-state index contributed by atoms with van der Waals surface area (Å²) in [5.41, 5.74) is 1.69. The molecule has 1 unspecified atom stereocenters. The van der Waals surface area contributed by atoms with Crippen LogP contribution < -0.4 is 4.74 Å². The van der Waals surface area contributed by atoms with Crippen LogP contribution in [0, 0.1) is 0 Å². The number of hydrogen-bond donors (Lipinski definition) is 0. The molecule has 3 nitrogen and oxygen atoms in total. The predicted molar refractivity (Wildman–Crippen MR) is 80.8 cm³/mol. The SMILES string of the molecule is O=C(OCc1ccccc1Cl)C1Cc2cc(Cl)ccc2O1. The van der Waals surface area contributed by atoms with Gasteiger partial charge >= 0.3 is 5.97 Å². The molecule has 0 amide bonds. The van der Waals surface area contributed by atoms with Crippen molar-refractivity contribution in [1.29, 1.82) is 0 Å². The van der Waals surface area contributed by atoms with Crippen molar-refractivity contribution in [2.24, 2.45) is 0 Å². The summed E-state index contributed by atoms with van der Waals surface area (Å²) < 4.78 is 10.8. The first-order valence-electron chi connectivity index (χ1n) is 6.48. The Morgan fingerprint density at radius 2 is 2.05 bits per heavy atom. The van der Waals surface area contributed by atoms with Crippen LogP contribution in [0.4, 0.5) is 0 Å². The molecule has 108 valence electrons. The lowest BCUT2D eigenvalue weighted by molar-refractivity contribution is -0.152. The van der Waals surface area contributed by atoms with Crippen LogP contribution in [-0.2, 0) is 22.6 Å². The molecule has 2 aromatic carbocycles. The molecule has 0 bridgehead atoms. The van der Waals surface area contributed by atoms with E-state index in [0.717, 1.165) is 11.1 Å². The maximum absolute atomic E-state index is 12.1. The van der Waals surface area contributed by atoms with E-state index in [1.807, 2.05) is 18.2 Å². The molecule has 5 heteroatoms. The van der Waals surface area contributed by atoms with Crippen molar-refractivity contribution in [2.75, 3.05) is 0 Å². The van der Waals surface area contributed by atoms with E-state index >= 15 is 0 Å². The van der Waals surface area contributed by atoms with E-state index in [0.29, 0.717) is 22.2 Å². The molecule has 0 saturated carbocycles. The van der Waals surface area contributed by atoms with Gasteiger partial charge < -0.3 is 9.47 Å². The largest absolute Gasteiger partial charge is 0.478 e. The van der Waals surface area contributed by atoms with Gasteiger partial charge in [0.1, 0.15) is 12.4 Å². The Bertz CT molecular complexity index is 685. The van der Waals surface area contributed by atoms with Gasteiger partial charge in [0.25, 0.3) is 0 Å². The molecule has 2 aromatic rings. The number of carbonyl (C=O) groups excluding carboxylic acids is 1. The highest BCUT2D eigenvalue weighted by Gasteiger charge is 2.30. The zero-order valence-electron chi connectivity index (χ0n) is 11.0. The molecule has 0 fully saturated rings. The van der Waals surface area contributed by atoms with E-state index in [9.17, 15) is 4.79 Å². The minimum Gasteiger partial charge on any atom is -0.478 e. The highest BCUT2D eigenvalue weighted by Crippen LogP contribution is 2.31. The summed E-state index contributed by atoms with van der Waals surface area (Å²) in [4.78, 5) is 12.1. The highest BCUT2D eigenvalue weighted by molar-refractivity contribution is 6.31. The standard InChI is InChI=1S/C16H12Cl2O3/c17-12-5-6-14-11(7-12)8-15(21-14)16(19)20-9-10-3-1-2-4-13(10)18/h1-7,15H,8-9H2. The first-order chi connectivity index (χ1) is 10.1. The number of hydrogen-bond acceptors (Lipinski definition) is 3. The van der Waals surface area contributed by atoms with Crippen LogP contribution in [0.3, 0.4) is 0 Å². The van der Waals surface area contributed by atoms with Crippen molar-refractivity contribution >= 4 is 29.2 Å². The average molecular weight is 323 g/mol. The summed E-state index contributed by atoms with van der Waals surface area (Å²) in [6, 6.07) is 12.6. The van der Waals surface area contributed by atoms with Gasteiger partial charge in [0.2, 0.25) is 0 Å². The summed E-state index contributed by atoms with van der Waals surface area (Å²) >= 11 is 11.9. The Hall–Kier alpha value is -1.71. The number of fused-ring (bicyclic) bond motifs is 1. The minimum atomic E-state index is -0.624. The second-order valence-electron chi connectivity index (χ2n) is 4.76. The van der Waals surface area contributed by atoms with Crippen molar-refractivity contribution in [1.82, 2.24) is 0 Å². The Morgan fingerprint density at radius 3 is 2.86 bits per heavy atom. The van der Waals surface area contributed by atoms with Crippen molar-refractivity contribution in [3.8, 4) is 5.75 Å². The van der Waals surface area contributed by atoms with Gasteiger partial charge in [0.05, 0.1) is 0 Å². The van der Waals surface area contributed by atoms with E-state index in [1.165, 1.54) is 0 Å². The molecule has 3 rings (SSSR count). The fourth-order valence-corrected chi connectivity index (χ4v) is 2.59. The maximum Gasteiger partial charge on any atom is 0.348 e. The van der Waals surface area contributed by atoms with Gasteiger partial charge in [-0.2, -0.15) is 0 Å². The van der Waals surface area contributed by atoms with E-state index < -0.39 is 12.1 Å². The first-order valence-corrected chi connectivity index (χ1v) is 7.24. The smallest absolute Gasteiger partial charge is 0.348 e. The van der Waals surface area contributed by atoms with Crippen LogP contribution >= 0.6 is 23.2 Å². The Kier molecular flexibility index (Phi) is 4.04. The predicted octanol–water partition coefficient (Wildman–Crippen LogP) is 4.04. The van der Waals surface area contributed by atoms with Gasteiger partial charge in [-0.1, -0.05) is 41.4 Å². The second-order valence-corrected chi connectivity index (χ2v) is 5.61. The first kappa shape index (κ1) is 14.2. The van der Waals surface area contributed by atoms with E-state index in [2.05, 4.69) is 0 Å². The summed E-state index contributed by atoms with van der Waals surface area (Å²) in [6.45, 7) is 0.134. The Morgan fingerprint density at radius 1 is 1.24 bits per heavy atom. The van der Waals surface area contributed by atoms with Gasteiger partial charge in [-0.3, -0.25) is 0 Å². The summed E-state index contributed by atoms with van der Waals surface area (Å²) in [5, 5.41) is 1.20. The lowest BCUT2D eigenvalue weighted by Crippen LogP contribution is -2.27. The molecule has 1 aliphatic rings. The van der Waals surface area contributed by atoms with Crippen LogP contribution in [0.5, 0.6) is 5.75 Å². The highest BCUT2D eigenvalue weighted by atomic mass is 35.5. The number of esters is 1. The van der Waals surface area contributed by atoms with Gasteiger partial charge in [-0.25, -0.2) is 4.79 Å². The molecule has 1 aliphatic heterocycles. The summed E-state index contributed by atoms with van der Waals surface area (Å²) in [5.74, 6) is 0.279. The molecule has 0 N–H and O–H groups in total. The van der Waals surface area contributed by atoms with Gasteiger partial charge in [-0.05, 0) is 29.8 Å².